The van der Waals surface area contributed by atoms with Gasteiger partial charge in [0.25, 0.3) is 0 Å². The monoisotopic (exact) mass is 286 g/mol. The maximum absolute atomic E-state index is 12.2. The molecule has 7 nitrogen and oxygen atoms in total. The van der Waals surface area contributed by atoms with Gasteiger partial charge in [0.1, 0.15) is 0 Å². The third-order valence-electron chi connectivity index (χ3n) is 3.68. The average Bonchev–Trinajstić information content (AvgIpc) is 2.94. The summed E-state index contributed by atoms with van der Waals surface area (Å²) in [5, 5.41) is 17.7. The SMILES string of the molecule is Cn1nnnc1-c1cccc(NC(=O)[C@H]2CCCNC2)c1. The quantitative estimate of drug-likeness (QED) is 0.872. The Morgan fingerprint density at radius 2 is 2.38 bits per heavy atom. The summed E-state index contributed by atoms with van der Waals surface area (Å²) in [6, 6.07) is 7.57. The molecule has 2 aromatic rings. The van der Waals surface area contributed by atoms with Gasteiger partial charge in [-0.2, -0.15) is 0 Å². The van der Waals surface area contributed by atoms with Crippen LogP contribution in [0.2, 0.25) is 0 Å². The molecule has 0 radical (unpaired) electrons. The van der Waals surface area contributed by atoms with Crippen molar-refractivity contribution in [2.24, 2.45) is 13.0 Å². The number of aromatic nitrogens is 4. The number of piperidine rings is 1. The molecular weight excluding hydrogens is 268 g/mol. The molecule has 1 aromatic heterocycles. The van der Waals surface area contributed by atoms with E-state index in [1.54, 1.807) is 11.7 Å². The fourth-order valence-electron chi connectivity index (χ4n) is 2.53. The highest BCUT2D eigenvalue weighted by Crippen LogP contribution is 2.20. The van der Waals surface area contributed by atoms with Gasteiger partial charge in [0.05, 0.1) is 5.92 Å². The predicted molar refractivity (Wildman–Crippen MR) is 78.5 cm³/mol. The third kappa shape index (κ3) is 3.08. The Kier molecular flexibility index (Phi) is 3.92. The van der Waals surface area contributed by atoms with Gasteiger partial charge in [0, 0.05) is 24.8 Å². The van der Waals surface area contributed by atoms with Crippen molar-refractivity contribution >= 4 is 11.6 Å². The van der Waals surface area contributed by atoms with Crippen molar-refractivity contribution in [1.29, 1.82) is 0 Å². The molecule has 1 saturated heterocycles. The number of rotatable bonds is 3. The lowest BCUT2D eigenvalue weighted by Crippen LogP contribution is -2.37. The van der Waals surface area contributed by atoms with Gasteiger partial charge < -0.3 is 10.6 Å². The lowest BCUT2D eigenvalue weighted by Gasteiger charge is -2.21. The van der Waals surface area contributed by atoms with Crippen molar-refractivity contribution in [2.75, 3.05) is 18.4 Å². The maximum atomic E-state index is 12.2. The van der Waals surface area contributed by atoms with Crippen molar-refractivity contribution < 1.29 is 4.79 Å². The topological polar surface area (TPSA) is 84.7 Å². The largest absolute Gasteiger partial charge is 0.326 e. The first-order valence-corrected chi connectivity index (χ1v) is 7.08. The van der Waals surface area contributed by atoms with E-state index in [4.69, 9.17) is 0 Å². The molecule has 110 valence electrons. The number of nitrogens with zero attached hydrogens (tertiary/aromatic N) is 4. The van der Waals surface area contributed by atoms with Gasteiger partial charge in [0.15, 0.2) is 5.82 Å². The summed E-state index contributed by atoms with van der Waals surface area (Å²) in [7, 11) is 1.79. The van der Waals surface area contributed by atoms with Crippen LogP contribution in [0.5, 0.6) is 0 Å². The molecule has 1 fully saturated rings. The molecule has 1 aliphatic heterocycles. The van der Waals surface area contributed by atoms with Crippen LogP contribution in [0.1, 0.15) is 12.8 Å². The van der Waals surface area contributed by atoms with E-state index in [2.05, 4.69) is 26.2 Å². The second-order valence-electron chi connectivity index (χ2n) is 5.24. The fraction of sp³-hybridized carbons (Fsp3) is 0.429. The molecule has 2 heterocycles. The molecule has 1 aromatic carbocycles. The zero-order valence-electron chi connectivity index (χ0n) is 11.9. The number of anilines is 1. The number of benzene rings is 1. The highest BCUT2D eigenvalue weighted by atomic mass is 16.1. The Morgan fingerprint density at radius 1 is 1.48 bits per heavy atom. The van der Waals surface area contributed by atoms with E-state index >= 15 is 0 Å². The second-order valence-corrected chi connectivity index (χ2v) is 5.24. The lowest BCUT2D eigenvalue weighted by atomic mass is 9.99. The maximum Gasteiger partial charge on any atom is 0.228 e. The van der Waals surface area contributed by atoms with E-state index < -0.39 is 0 Å². The Morgan fingerprint density at radius 3 is 3.10 bits per heavy atom. The summed E-state index contributed by atoms with van der Waals surface area (Å²) < 4.78 is 1.60. The van der Waals surface area contributed by atoms with Crippen LogP contribution in [0.4, 0.5) is 5.69 Å². The minimum atomic E-state index is 0.0406. The van der Waals surface area contributed by atoms with E-state index in [9.17, 15) is 4.79 Å². The number of carbonyl (C=O) groups is 1. The normalized spacial score (nSPS) is 18.4. The van der Waals surface area contributed by atoms with E-state index in [0.29, 0.717) is 5.82 Å². The molecule has 2 N–H and O–H groups in total. The van der Waals surface area contributed by atoms with Gasteiger partial charge >= 0.3 is 0 Å². The Hall–Kier alpha value is -2.28. The molecule has 1 aliphatic rings. The number of hydrogen-bond acceptors (Lipinski definition) is 5. The van der Waals surface area contributed by atoms with Crippen LogP contribution >= 0.6 is 0 Å². The van der Waals surface area contributed by atoms with Crippen LogP contribution in [0, 0.1) is 5.92 Å². The summed E-state index contributed by atoms with van der Waals surface area (Å²) in [6.07, 6.45) is 1.98. The van der Waals surface area contributed by atoms with Crippen LogP contribution in [0.25, 0.3) is 11.4 Å². The van der Waals surface area contributed by atoms with E-state index in [-0.39, 0.29) is 11.8 Å². The minimum absolute atomic E-state index is 0.0406. The molecular formula is C14H18N6O. The van der Waals surface area contributed by atoms with Gasteiger partial charge in [0.2, 0.25) is 5.91 Å². The fourth-order valence-corrected chi connectivity index (χ4v) is 2.53. The van der Waals surface area contributed by atoms with Crippen LogP contribution in [-0.2, 0) is 11.8 Å². The second kappa shape index (κ2) is 6.01. The van der Waals surface area contributed by atoms with Gasteiger partial charge in [-0.05, 0) is 41.9 Å². The standard InChI is InChI=1S/C14H18N6O/c1-20-13(17-18-19-20)10-4-2-6-12(8-10)16-14(21)11-5-3-7-15-9-11/h2,4,6,8,11,15H,3,5,7,9H2,1H3,(H,16,21)/t11-/m0/s1. The van der Waals surface area contributed by atoms with Crippen molar-refractivity contribution in [1.82, 2.24) is 25.5 Å². The van der Waals surface area contributed by atoms with Gasteiger partial charge in [-0.15, -0.1) is 5.10 Å². The average molecular weight is 286 g/mol. The van der Waals surface area contributed by atoms with Gasteiger partial charge in [-0.1, -0.05) is 12.1 Å². The first-order valence-electron chi connectivity index (χ1n) is 7.08. The Balaban J connectivity index is 1.74. The highest BCUT2D eigenvalue weighted by molar-refractivity contribution is 5.93. The lowest BCUT2D eigenvalue weighted by molar-refractivity contribution is -0.120. The van der Waals surface area contributed by atoms with Crippen LogP contribution in [0.3, 0.4) is 0 Å². The van der Waals surface area contributed by atoms with Gasteiger partial charge in [-0.3, -0.25) is 4.79 Å². The highest BCUT2D eigenvalue weighted by Gasteiger charge is 2.21. The molecule has 3 rings (SSSR count). The number of carbonyl (C=O) groups excluding carboxylic acids is 1. The third-order valence-corrected chi connectivity index (χ3v) is 3.68. The number of nitrogens with one attached hydrogen (secondary N) is 2. The number of tetrazole rings is 1. The van der Waals surface area contributed by atoms with Crippen molar-refractivity contribution in [2.45, 2.75) is 12.8 Å². The Bertz CT molecular complexity index is 632. The molecule has 21 heavy (non-hydrogen) atoms. The van der Waals surface area contributed by atoms with Crippen LogP contribution in [0.15, 0.2) is 24.3 Å². The van der Waals surface area contributed by atoms with E-state index in [1.165, 1.54) is 0 Å². The summed E-state index contributed by atoms with van der Waals surface area (Å²) in [5.41, 5.74) is 1.65. The first kappa shape index (κ1) is 13.7. The van der Waals surface area contributed by atoms with Crippen molar-refractivity contribution in [3.8, 4) is 11.4 Å². The first-order chi connectivity index (χ1) is 10.2. The minimum Gasteiger partial charge on any atom is -0.326 e. The van der Waals surface area contributed by atoms with E-state index in [0.717, 1.165) is 37.2 Å². The molecule has 0 unspecified atom stereocenters. The smallest absolute Gasteiger partial charge is 0.228 e. The molecule has 7 heteroatoms. The molecule has 0 aliphatic carbocycles. The molecule has 0 bridgehead atoms. The van der Waals surface area contributed by atoms with Crippen molar-refractivity contribution in [3.63, 3.8) is 0 Å². The molecule has 1 atom stereocenters. The summed E-state index contributed by atoms with van der Waals surface area (Å²) in [5.74, 6) is 0.778. The number of aryl methyl sites for hydroxylation is 1. The van der Waals surface area contributed by atoms with Crippen LogP contribution in [-0.4, -0.2) is 39.2 Å². The Labute approximate surface area is 122 Å². The van der Waals surface area contributed by atoms with Gasteiger partial charge in [-0.25, -0.2) is 4.68 Å². The predicted octanol–water partition coefficient (Wildman–Crippen LogP) is 0.815. The van der Waals surface area contributed by atoms with Crippen molar-refractivity contribution in [3.05, 3.63) is 24.3 Å². The van der Waals surface area contributed by atoms with E-state index in [1.807, 2.05) is 24.3 Å². The molecule has 0 spiro atoms. The zero-order valence-corrected chi connectivity index (χ0v) is 11.9. The number of amides is 1. The van der Waals surface area contributed by atoms with Crippen LogP contribution < -0.4 is 10.6 Å². The summed E-state index contributed by atoms with van der Waals surface area (Å²) in [6.45, 7) is 1.75. The number of hydrogen-bond donors (Lipinski definition) is 2. The molecule has 1 amide bonds. The zero-order chi connectivity index (χ0) is 14.7. The molecule has 0 saturated carbocycles. The summed E-state index contributed by atoms with van der Waals surface area (Å²) in [4.78, 5) is 12.2. The summed E-state index contributed by atoms with van der Waals surface area (Å²) >= 11 is 0.